The van der Waals surface area contributed by atoms with Crippen molar-refractivity contribution < 1.29 is 9.53 Å². The van der Waals surface area contributed by atoms with Crippen LogP contribution in [0.15, 0.2) is 22.7 Å². The van der Waals surface area contributed by atoms with Gasteiger partial charge in [0.2, 0.25) is 0 Å². The minimum Gasteiger partial charge on any atom is -0.496 e. The van der Waals surface area contributed by atoms with Crippen LogP contribution in [-0.2, 0) is 0 Å². The average Bonchev–Trinajstić information content (AvgIpc) is 2.36. The maximum atomic E-state index is 12.0. The number of nitrogens with one attached hydrogen (secondary N) is 1. The normalized spacial score (nSPS) is 12.0. The van der Waals surface area contributed by atoms with Gasteiger partial charge >= 0.3 is 0 Å². The van der Waals surface area contributed by atoms with E-state index in [9.17, 15) is 4.79 Å². The highest BCUT2D eigenvalue weighted by molar-refractivity contribution is 9.10. The summed E-state index contributed by atoms with van der Waals surface area (Å²) < 4.78 is 6.05. The molecule has 0 radical (unpaired) electrons. The van der Waals surface area contributed by atoms with Crippen molar-refractivity contribution in [1.82, 2.24) is 5.32 Å². The Bertz CT molecular complexity index is 412. The zero-order valence-electron chi connectivity index (χ0n) is 10.5. The molecule has 1 aromatic rings. The van der Waals surface area contributed by atoms with Crippen molar-refractivity contribution in [2.45, 2.75) is 25.1 Å². The fraction of sp³-hybridized carbons (Fsp3) is 0.462. The van der Waals surface area contributed by atoms with Crippen molar-refractivity contribution >= 4 is 33.4 Å². The van der Waals surface area contributed by atoms with E-state index < -0.39 is 0 Å². The standard InChI is InChI=1S/C13H17BrClNO2/c1-3-4-10(15)8-16-13(17)11-6-5-9(14)7-12(11)18-2/h5-7,10H,3-4,8H2,1-2H3,(H,16,17). The van der Waals surface area contributed by atoms with E-state index in [-0.39, 0.29) is 11.3 Å². The summed E-state index contributed by atoms with van der Waals surface area (Å²) in [5, 5.41) is 2.78. The molecule has 0 heterocycles. The number of rotatable bonds is 6. The van der Waals surface area contributed by atoms with Crippen LogP contribution in [0.5, 0.6) is 5.75 Å². The number of hydrogen-bond donors (Lipinski definition) is 1. The summed E-state index contributed by atoms with van der Waals surface area (Å²) in [6.07, 6.45) is 1.89. The maximum Gasteiger partial charge on any atom is 0.255 e. The minimum absolute atomic E-state index is 0.0274. The molecule has 5 heteroatoms. The molecule has 0 bridgehead atoms. The van der Waals surface area contributed by atoms with Crippen molar-refractivity contribution in [2.24, 2.45) is 0 Å². The molecule has 1 unspecified atom stereocenters. The SMILES string of the molecule is CCCC(Cl)CNC(=O)c1ccc(Br)cc1OC. The Morgan fingerprint density at radius 2 is 2.28 bits per heavy atom. The van der Waals surface area contributed by atoms with Gasteiger partial charge in [-0.25, -0.2) is 0 Å². The molecule has 1 atom stereocenters. The number of alkyl halides is 1. The fourth-order valence-electron chi connectivity index (χ4n) is 1.57. The lowest BCUT2D eigenvalue weighted by atomic mass is 10.2. The molecule has 0 aliphatic rings. The second-order valence-electron chi connectivity index (χ2n) is 3.94. The number of benzene rings is 1. The number of hydrogen-bond acceptors (Lipinski definition) is 2. The molecule has 0 aromatic heterocycles. The quantitative estimate of drug-likeness (QED) is 0.807. The smallest absolute Gasteiger partial charge is 0.255 e. The van der Waals surface area contributed by atoms with E-state index in [4.69, 9.17) is 16.3 Å². The Morgan fingerprint density at radius 1 is 1.56 bits per heavy atom. The molecule has 18 heavy (non-hydrogen) atoms. The van der Waals surface area contributed by atoms with Crippen LogP contribution in [0.1, 0.15) is 30.1 Å². The third-order valence-corrected chi connectivity index (χ3v) is 3.36. The van der Waals surface area contributed by atoms with Crippen molar-refractivity contribution in [1.29, 1.82) is 0 Å². The predicted molar refractivity (Wildman–Crippen MR) is 77.6 cm³/mol. The van der Waals surface area contributed by atoms with Crippen LogP contribution >= 0.6 is 27.5 Å². The van der Waals surface area contributed by atoms with Gasteiger partial charge < -0.3 is 10.1 Å². The predicted octanol–water partition coefficient (Wildman–Crippen LogP) is 3.60. The molecular formula is C13H17BrClNO2. The molecule has 0 spiro atoms. The lowest BCUT2D eigenvalue weighted by Gasteiger charge is -2.12. The first-order valence-corrected chi connectivity index (χ1v) is 7.07. The first-order chi connectivity index (χ1) is 8.58. The zero-order valence-corrected chi connectivity index (χ0v) is 12.8. The van der Waals surface area contributed by atoms with Gasteiger partial charge in [-0.3, -0.25) is 4.79 Å². The van der Waals surface area contributed by atoms with Gasteiger partial charge in [0.1, 0.15) is 5.75 Å². The lowest BCUT2D eigenvalue weighted by molar-refractivity contribution is 0.0950. The van der Waals surface area contributed by atoms with Crippen LogP contribution < -0.4 is 10.1 Å². The Morgan fingerprint density at radius 3 is 2.89 bits per heavy atom. The number of carbonyl (C=O) groups excluding carboxylic acids is 1. The second-order valence-corrected chi connectivity index (χ2v) is 5.47. The Kier molecular flexibility index (Phi) is 6.50. The molecule has 1 N–H and O–H groups in total. The van der Waals surface area contributed by atoms with Gasteiger partial charge in [-0.15, -0.1) is 11.6 Å². The summed E-state index contributed by atoms with van der Waals surface area (Å²) in [4.78, 5) is 12.0. The lowest BCUT2D eigenvalue weighted by Crippen LogP contribution is -2.30. The minimum atomic E-state index is -0.166. The van der Waals surface area contributed by atoms with E-state index in [0.717, 1.165) is 17.3 Å². The first kappa shape index (κ1) is 15.3. The molecule has 0 aliphatic carbocycles. The summed E-state index contributed by atoms with van der Waals surface area (Å²) >= 11 is 9.39. The molecule has 100 valence electrons. The molecule has 0 saturated heterocycles. The van der Waals surface area contributed by atoms with Crippen molar-refractivity contribution in [3.63, 3.8) is 0 Å². The van der Waals surface area contributed by atoms with E-state index in [1.807, 2.05) is 6.07 Å². The summed E-state index contributed by atoms with van der Waals surface area (Å²) in [5.74, 6) is 0.379. The maximum absolute atomic E-state index is 12.0. The van der Waals surface area contributed by atoms with Gasteiger partial charge in [0.25, 0.3) is 5.91 Å². The second kappa shape index (κ2) is 7.64. The van der Waals surface area contributed by atoms with E-state index in [1.54, 1.807) is 19.2 Å². The van der Waals surface area contributed by atoms with Crippen LogP contribution in [-0.4, -0.2) is 24.9 Å². The van der Waals surface area contributed by atoms with Gasteiger partial charge in [0, 0.05) is 11.0 Å². The van der Waals surface area contributed by atoms with Gasteiger partial charge in [-0.1, -0.05) is 29.3 Å². The molecule has 0 aliphatic heterocycles. The highest BCUT2D eigenvalue weighted by atomic mass is 79.9. The van der Waals surface area contributed by atoms with E-state index in [1.165, 1.54) is 0 Å². The summed E-state index contributed by atoms with van der Waals surface area (Å²) in [6.45, 7) is 2.53. The summed E-state index contributed by atoms with van der Waals surface area (Å²) in [6, 6.07) is 5.29. The number of amides is 1. The van der Waals surface area contributed by atoms with Crippen molar-refractivity contribution in [3.8, 4) is 5.75 Å². The highest BCUT2D eigenvalue weighted by Gasteiger charge is 2.13. The molecule has 1 aromatic carbocycles. The average molecular weight is 335 g/mol. The van der Waals surface area contributed by atoms with Crippen LogP contribution in [0.2, 0.25) is 0 Å². The molecular weight excluding hydrogens is 318 g/mol. The van der Waals surface area contributed by atoms with E-state index in [0.29, 0.717) is 17.9 Å². The van der Waals surface area contributed by atoms with Crippen molar-refractivity contribution in [3.05, 3.63) is 28.2 Å². The fourth-order valence-corrected chi connectivity index (χ4v) is 2.20. The monoisotopic (exact) mass is 333 g/mol. The largest absolute Gasteiger partial charge is 0.496 e. The van der Waals surface area contributed by atoms with Gasteiger partial charge in [-0.2, -0.15) is 0 Å². The van der Waals surface area contributed by atoms with Crippen LogP contribution in [0, 0.1) is 0 Å². The topological polar surface area (TPSA) is 38.3 Å². The third kappa shape index (κ3) is 4.50. The number of methoxy groups -OCH3 is 1. The van der Waals surface area contributed by atoms with Gasteiger partial charge in [-0.05, 0) is 24.6 Å². The number of carbonyl (C=O) groups is 1. The third-order valence-electron chi connectivity index (χ3n) is 2.49. The van der Waals surface area contributed by atoms with Gasteiger partial charge in [0.15, 0.2) is 0 Å². The molecule has 0 saturated carbocycles. The molecule has 3 nitrogen and oxygen atoms in total. The molecule has 0 fully saturated rings. The summed E-state index contributed by atoms with van der Waals surface area (Å²) in [7, 11) is 1.54. The van der Waals surface area contributed by atoms with Crippen LogP contribution in [0.4, 0.5) is 0 Å². The first-order valence-electron chi connectivity index (χ1n) is 5.84. The van der Waals surface area contributed by atoms with Crippen LogP contribution in [0.3, 0.4) is 0 Å². The van der Waals surface area contributed by atoms with Crippen LogP contribution in [0.25, 0.3) is 0 Å². The highest BCUT2D eigenvalue weighted by Crippen LogP contribution is 2.23. The van der Waals surface area contributed by atoms with E-state index in [2.05, 4.69) is 28.2 Å². The van der Waals surface area contributed by atoms with Crippen molar-refractivity contribution in [2.75, 3.05) is 13.7 Å². The number of halogens is 2. The van der Waals surface area contributed by atoms with Gasteiger partial charge in [0.05, 0.1) is 18.1 Å². The summed E-state index contributed by atoms with van der Waals surface area (Å²) in [5.41, 5.74) is 0.515. The Balaban J connectivity index is 2.66. The molecule has 1 amide bonds. The number of ether oxygens (including phenoxy) is 1. The Labute approximate surface area is 121 Å². The molecule has 1 rings (SSSR count). The van der Waals surface area contributed by atoms with E-state index >= 15 is 0 Å². The Hall–Kier alpha value is -0.740. The zero-order chi connectivity index (χ0) is 13.5.